The Morgan fingerprint density at radius 1 is 1.35 bits per heavy atom. The average molecular weight is 443 g/mol. The van der Waals surface area contributed by atoms with Crippen molar-refractivity contribution in [2.45, 2.75) is 6.92 Å². The number of non-ortho nitro benzene ring substituents is 1. The molecule has 0 unspecified atom stereocenters. The van der Waals surface area contributed by atoms with Crippen LogP contribution < -0.4 is 4.74 Å². The number of phenolic OH excluding ortho intramolecular Hbond substituents is 1. The fourth-order valence-corrected chi connectivity index (χ4v) is 3.87. The number of carboxylic acid groups (broad SMARTS) is 1. The standard InChI is InChI=1S/C20H17N3O7S/c1-3-22-18(25)16(9-12-8-14(23(28)29)10-15(30-2)17(12)24)31-20(22)21-13-6-4-5-11(7-13)19(26)27/h4-10,24H,3H2,1-2H3,(H,26,27)/b16-9-,21-20?. The number of nitrogens with zero attached hydrogens (tertiary/aromatic N) is 3. The number of ether oxygens (including phenoxy) is 1. The summed E-state index contributed by atoms with van der Waals surface area (Å²) < 4.78 is 4.98. The Bertz CT molecular complexity index is 1140. The van der Waals surface area contributed by atoms with E-state index in [4.69, 9.17) is 9.84 Å². The molecule has 0 aromatic heterocycles. The van der Waals surface area contributed by atoms with Crippen LogP contribution >= 0.6 is 11.8 Å². The molecule has 0 aliphatic carbocycles. The van der Waals surface area contributed by atoms with Gasteiger partial charge in [-0.1, -0.05) is 6.07 Å². The van der Waals surface area contributed by atoms with Gasteiger partial charge in [0.25, 0.3) is 11.6 Å². The van der Waals surface area contributed by atoms with Gasteiger partial charge in [-0.25, -0.2) is 9.79 Å². The number of hydrogen-bond acceptors (Lipinski definition) is 8. The van der Waals surface area contributed by atoms with E-state index >= 15 is 0 Å². The Hall–Kier alpha value is -3.86. The first-order chi connectivity index (χ1) is 14.7. The van der Waals surface area contributed by atoms with E-state index in [0.717, 1.165) is 23.9 Å². The molecule has 10 nitrogen and oxygen atoms in total. The van der Waals surface area contributed by atoms with Gasteiger partial charge in [0, 0.05) is 18.2 Å². The number of nitro groups is 1. The molecule has 0 spiro atoms. The van der Waals surface area contributed by atoms with Crippen LogP contribution in [0.1, 0.15) is 22.8 Å². The van der Waals surface area contributed by atoms with Gasteiger partial charge in [-0.3, -0.25) is 19.8 Å². The maximum absolute atomic E-state index is 12.8. The molecule has 0 radical (unpaired) electrons. The molecule has 0 saturated carbocycles. The largest absolute Gasteiger partial charge is 0.504 e. The monoisotopic (exact) mass is 443 g/mol. The average Bonchev–Trinajstić information content (AvgIpc) is 3.03. The van der Waals surface area contributed by atoms with Crippen molar-refractivity contribution in [2.75, 3.05) is 13.7 Å². The summed E-state index contributed by atoms with van der Waals surface area (Å²) in [6, 6.07) is 8.19. The molecule has 1 heterocycles. The van der Waals surface area contributed by atoms with Crippen LogP contribution in [0.2, 0.25) is 0 Å². The Labute approximate surface area is 180 Å². The summed E-state index contributed by atoms with van der Waals surface area (Å²) in [6.45, 7) is 2.04. The molecule has 11 heteroatoms. The number of benzene rings is 2. The zero-order valence-electron chi connectivity index (χ0n) is 16.4. The molecule has 1 aliphatic heterocycles. The number of hydrogen-bond donors (Lipinski definition) is 2. The first-order valence-corrected chi connectivity index (χ1v) is 9.75. The molecule has 160 valence electrons. The van der Waals surface area contributed by atoms with Crippen LogP contribution in [-0.2, 0) is 4.79 Å². The third kappa shape index (κ3) is 4.51. The highest BCUT2D eigenvalue weighted by molar-refractivity contribution is 8.18. The minimum Gasteiger partial charge on any atom is -0.504 e. The number of rotatable bonds is 6. The molecular formula is C20H17N3O7S. The second kappa shape index (κ2) is 8.88. The maximum Gasteiger partial charge on any atom is 0.335 e. The first-order valence-electron chi connectivity index (χ1n) is 8.94. The van der Waals surface area contributed by atoms with Crippen molar-refractivity contribution in [1.82, 2.24) is 4.90 Å². The van der Waals surface area contributed by atoms with Crippen molar-refractivity contribution in [1.29, 1.82) is 0 Å². The number of aromatic hydroxyl groups is 1. The van der Waals surface area contributed by atoms with E-state index in [9.17, 15) is 24.8 Å². The van der Waals surface area contributed by atoms with Crippen molar-refractivity contribution in [3.63, 3.8) is 0 Å². The molecular weight excluding hydrogens is 426 g/mol. The van der Waals surface area contributed by atoms with Crippen molar-refractivity contribution in [2.24, 2.45) is 4.99 Å². The molecule has 2 N–H and O–H groups in total. The highest BCUT2D eigenvalue weighted by Gasteiger charge is 2.33. The normalized spacial score (nSPS) is 16.2. The highest BCUT2D eigenvalue weighted by Crippen LogP contribution is 2.39. The summed E-state index contributed by atoms with van der Waals surface area (Å²) in [5, 5.41) is 31.0. The number of phenols is 1. The van der Waals surface area contributed by atoms with E-state index < -0.39 is 16.8 Å². The minimum absolute atomic E-state index is 0.0482. The lowest BCUT2D eigenvalue weighted by atomic mass is 10.1. The molecule has 1 aliphatic rings. The Morgan fingerprint density at radius 2 is 2.10 bits per heavy atom. The van der Waals surface area contributed by atoms with Crippen LogP contribution in [0.4, 0.5) is 11.4 Å². The Morgan fingerprint density at radius 3 is 2.71 bits per heavy atom. The SMILES string of the molecule is CCN1C(=O)/C(=C/c2cc([N+](=O)[O-])cc(OC)c2O)SC1=Nc1cccc(C(=O)O)c1. The molecule has 2 aromatic rings. The molecule has 1 amide bonds. The fourth-order valence-electron chi connectivity index (χ4n) is 2.82. The summed E-state index contributed by atoms with van der Waals surface area (Å²) in [7, 11) is 1.26. The van der Waals surface area contributed by atoms with E-state index in [0.29, 0.717) is 17.4 Å². The van der Waals surface area contributed by atoms with Gasteiger partial charge in [-0.05, 0) is 43.0 Å². The van der Waals surface area contributed by atoms with Gasteiger partial charge in [0.1, 0.15) is 0 Å². The van der Waals surface area contributed by atoms with Gasteiger partial charge in [-0.15, -0.1) is 0 Å². The number of carbonyl (C=O) groups excluding carboxylic acids is 1. The lowest BCUT2D eigenvalue weighted by Crippen LogP contribution is -2.28. The molecule has 3 rings (SSSR count). The number of nitro benzene ring substituents is 1. The smallest absolute Gasteiger partial charge is 0.335 e. The third-order valence-electron chi connectivity index (χ3n) is 4.33. The topological polar surface area (TPSA) is 143 Å². The zero-order valence-corrected chi connectivity index (χ0v) is 17.3. The number of amidine groups is 1. The van der Waals surface area contributed by atoms with Crippen molar-refractivity contribution >= 4 is 46.3 Å². The number of aliphatic imine (C=N–C) groups is 1. The van der Waals surface area contributed by atoms with Crippen LogP contribution in [0, 0.1) is 10.1 Å². The molecule has 0 bridgehead atoms. The highest BCUT2D eigenvalue weighted by atomic mass is 32.2. The first kappa shape index (κ1) is 21.8. The molecule has 1 fully saturated rings. The number of likely N-dealkylation sites (N-methyl/N-ethyl adjacent to an activating group) is 1. The summed E-state index contributed by atoms with van der Waals surface area (Å²) in [5.41, 5.74) is 0.161. The maximum atomic E-state index is 12.8. The summed E-state index contributed by atoms with van der Waals surface area (Å²) in [5.74, 6) is -1.93. The Balaban J connectivity index is 2.03. The predicted molar refractivity (Wildman–Crippen MR) is 115 cm³/mol. The van der Waals surface area contributed by atoms with Crippen molar-refractivity contribution in [3.8, 4) is 11.5 Å². The summed E-state index contributed by atoms with van der Waals surface area (Å²) >= 11 is 1.01. The van der Waals surface area contributed by atoms with Gasteiger partial charge in [0.2, 0.25) is 0 Å². The molecule has 2 aromatic carbocycles. The van der Waals surface area contributed by atoms with Gasteiger partial charge < -0.3 is 14.9 Å². The number of carbonyl (C=O) groups is 2. The number of thioether (sulfide) groups is 1. The second-order valence-electron chi connectivity index (χ2n) is 6.25. The van der Waals surface area contributed by atoms with E-state index in [-0.39, 0.29) is 33.2 Å². The second-order valence-corrected chi connectivity index (χ2v) is 7.26. The van der Waals surface area contributed by atoms with Crippen molar-refractivity contribution < 1.29 is 29.5 Å². The third-order valence-corrected chi connectivity index (χ3v) is 5.34. The summed E-state index contributed by atoms with van der Waals surface area (Å²) in [4.78, 5) is 40.5. The van der Waals surface area contributed by atoms with E-state index in [1.54, 1.807) is 19.1 Å². The fraction of sp³-hybridized carbons (Fsp3) is 0.150. The quantitative estimate of drug-likeness (QED) is 0.391. The molecule has 0 atom stereocenters. The zero-order chi connectivity index (χ0) is 22.7. The van der Waals surface area contributed by atoms with Crippen LogP contribution in [0.3, 0.4) is 0 Å². The van der Waals surface area contributed by atoms with Gasteiger partial charge in [-0.2, -0.15) is 0 Å². The van der Waals surface area contributed by atoms with Crippen LogP contribution in [0.5, 0.6) is 11.5 Å². The molecule has 1 saturated heterocycles. The number of carboxylic acids is 1. The van der Waals surface area contributed by atoms with E-state index in [1.165, 1.54) is 30.2 Å². The summed E-state index contributed by atoms with van der Waals surface area (Å²) in [6.07, 6.45) is 1.33. The van der Waals surface area contributed by atoms with Gasteiger partial charge in [0.05, 0.1) is 34.3 Å². The lowest BCUT2D eigenvalue weighted by molar-refractivity contribution is -0.385. The minimum atomic E-state index is -1.10. The van der Waals surface area contributed by atoms with E-state index in [2.05, 4.69) is 4.99 Å². The lowest BCUT2D eigenvalue weighted by Gasteiger charge is -2.12. The van der Waals surface area contributed by atoms with Gasteiger partial charge in [0.15, 0.2) is 16.7 Å². The number of amides is 1. The van der Waals surface area contributed by atoms with Crippen LogP contribution in [0.15, 0.2) is 46.3 Å². The number of aromatic carboxylic acids is 1. The van der Waals surface area contributed by atoms with Crippen molar-refractivity contribution in [3.05, 3.63) is 62.5 Å². The Kier molecular flexibility index (Phi) is 6.25. The molecule has 31 heavy (non-hydrogen) atoms. The van der Waals surface area contributed by atoms with E-state index in [1.807, 2.05) is 0 Å². The number of methoxy groups -OCH3 is 1. The van der Waals surface area contributed by atoms with Gasteiger partial charge >= 0.3 is 5.97 Å². The van der Waals surface area contributed by atoms with Crippen LogP contribution in [-0.4, -0.2) is 50.7 Å². The van der Waals surface area contributed by atoms with Crippen LogP contribution in [0.25, 0.3) is 6.08 Å². The predicted octanol–water partition coefficient (Wildman–Crippen LogP) is 3.63.